The third-order valence-corrected chi connectivity index (χ3v) is 4.65. The highest BCUT2D eigenvalue weighted by atomic mass is 32.2. The Balaban J connectivity index is 1.84. The second-order valence-electron chi connectivity index (χ2n) is 4.74. The van der Waals surface area contributed by atoms with Gasteiger partial charge < -0.3 is 14.2 Å². The molecule has 0 aromatic heterocycles. The van der Waals surface area contributed by atoms with E-state index in [1.807, 2.05) is 11.8 Å². The highest BCUT2D eigenvalue weighted by Crippen LogP contribution is 2.27. The molecule has 1 aromatic carbocycles. The molecule has 0 saturated carbocycles. The SMILES string of the molecule is COC(OC)c1ccc(SCC2CCOCC2)cc1. The van der Waals surface area contributed by atoms with Crippen molar-refractivity contribution in [1.82, 2.24) is 0 Å². The second kappa shape index (κ2) is 7.90. The van der Waals surface area contributed by atoms with Crippen LogP contribution in [0.25, 0.3) is 0 Å². The average Bonchev–Trinajstić information content (AvgIpc) is 2.49. The molecule has 0 radical (unpaired) electrons. The van der Waals surface area contributed by atoms with E-state index in [1.54, 1.807) is 14.2 Å². The van der Waals surface area contributed by atoms with Crippen molar-refractivity contribution in [2.75, 3.05) is 33.2 Å². The van der Waals surface area contributed by atoms with Crippen LogP contribution in [0.15, 0.2) is 29.2 Å². The summed E-state index contributed by atoms with van der Waals surface area (Å²) in [5, 5.41) is 0. The third-order valence-electron chi connectivity index (χ3n) is 3.41. The van der Waals surface area contributed by atoms with Crippen LogP contribution in [0, 0.1) is 5.92 Å². The molecule has 106 valence electrons. The molecule has 1 heterocycles. The van der Waals surface area contributed by atoms with Crippen LogP contribution in [0.3, 0.4) is 0 Å². The number of hydrogen-bond acceptors (Lipinski definition) is 4. The Morgan fingerprint density at radius 2 is 1.79 bits per heavy atom. The zero-order valence-electron chi connectivity index (χ0n) is 11.6. The minimum absolute atomic E-state index is 0.269. The van der Waals surface area contributed by atoms with Gasteiger partial charge in [0.05, 0.1) is 0 Å². The van der Waals surface area contributed by atoms with Crippen molar-refractivity contribution in [3.63, 3.8) is 0 Å². The molecule has 2 rings (SSSR count). The lowest BCUT2D eigenvalue weighted by molar-refractivity contribution is -0.106. The summed E-state index contributed by atoms with van der Waals surface area (Å²) in [5.41, 5.74) is 1.06. The molecule has 0 N–H and O–H groups in total. The predicted molar refractivity (Wildman–Crippen MR) is 77.5 cm³/mol. The van der Waals surface area contributed by atoms with Crippen LogP contribution < -0.4 is 0 Å². The van der Waals surface area contributed by atoms with Gasteiger partial charge in [0.25, 0.3) is 0 Å². The predicted octanol–water partition coefficient (Wildman–Crippen LogP) is 3.50. The molecule has 0 amide bonds. The number of methoxy groups -OCH3 is 2. The zero-order chi connectivity index (χ0) is 13.5. The topological polar surface area (TPSA) is 27.7 Å². The van der Waals surface area contributed by atoms with Gasteiger partial charge in [-0.15, -0.1) is 11.8 Å². The van der Waals surface area contributed by atoms with Crippen LogP contribution in [0.5, 0.6) is 0 Å². The first-order valence-electron chi connectivity index (χ1n) is 6.69. The average molecular weight is 282 g/mol. The highest BCUT2D eigenvalue weighted by molar-refractivity contribution is 7.99. The van der Waals surface area contributed by atoms with E-state index < -0.39 is 0 Å². The molecule has 0 bridgehead atoms. The summed E-state index contributed by atoms with van der Waals surface area (Å²) in [4.78, 5) is 1.31. The van der Waals surface area contributed by atoms with Gasteiger partial charge in [0.15, 0.2) is 6.29 Å². The zero-order valence-corrected chi connectivity index (χ0v) is 12.4. The lowest BCUT2D eigenvalue weighted by atomic mass is 10.0. The Hall–Kier alpha value is -0.550. The number of benzene rings is 1. The quantitative estimate of drug-likeness (QED) is 0.589. The van der Waals surface area contributed by atoms with E-state index in [-0.39, 0.29) is 6.29 Å². The van der Waals surface area contributed by atoms with E-state index in [2.05, 4.69) is 24.3 Å². The summed E-state index contributed by atoms with van der Waals surface area (Å²) in [5.74, 6) is 1.98. The Labute approximate surface area is 119 Å². The molecule has 1 aromatic rings. The summed E-state index contributed by atoms with van der Waals surface area (Å²) in [7, 11) is 3.31. The number of thioether (sulfide) groups is 1. The maximum absolute atomic E-state index is 5.38. The molecule has 3 nitrogen and oxygen atoms in total. The Bertz CT molecular complexity index is 356. The van der Waals surface area contributed by atoms with Crippen LogP contribution in [0.1, 0.15) is 24.7 Å². The Kier molecular flexibility index (Phi) is 6.17. The largest absolute Gasteiger partial charge is 0.381 e. The maximum Gasteiger partial charge on any atom is 0.183 e. The molecular weight excluding hydrogens is 260 g/mol. The fourth-order valence-corrected chi connectivity index (χ4v) is 3.31. The number of rotatable bonds is 6. The fourth-order valence-electron chi connectivity index (χ4n) is 2.22. The Morgan fingerprint density at radius 1 is 1.16 bits per heavy atom. The summed E-state index contributed by atoms with van der Waals surface area (Å²) < 4.78 is 15.9. The Morgan fingerprint density at radius 3 is 2.37 bits per heavy atom. The lowest BCUT2D eigenvalue weighted by Gasteiger charge is -2.21. The van der Waals surface area contributed by atoms with Crippen LogP contribution in [0.4, 0.5) is 0 Å². The van der Waals surface area contributed by atoms with Crippen molar-refractivity contribution in [1.29, 1.82) is 0 Å². The van der Waals surface area contributed by atoms with Gasteiger partial charge in [-0.05, 0) is 30.9 Å². The van der Waals surface area contributed by atoms with E-state index >= 15 is 0 Å². The second-order valence-corrected chi connectivity index (χ2v) is 5.83. The standard InChI is InChI=1S/C15H22O3S/c1-16-15(17-2)13-3-5-14(6-4-13)19-11-12-7-9-18-10-8-12/h3-6,12,15H,7-11H2,1-2H3. The van der Waals surface area contributed by atoms with Gasteiger partial charge >= 0.3 is 0 Å². The molecule has 1 aliphatic heterocycles. The molecule has 19 heavy (non-hydrogen) atoms. The van der Waals surface area contributed by atoms with Crippen LogP contribution >= 0.6 is 11.8 Å². The van der Waals surface area contributed by atoms with Crippen molar-refractivity contribution in [2.45, 2.75) is 24.0 Å². The fraction of sp³-hybridized carbons (Fsp3) is 0.600. The molecule has 0 atom stereocenters. The minimum atomic E-state index is -0.269. The minimum Gasteiger partial charge on any atom is -0.381 e. The van der Waals surface area contributed by atoms with Crippen molar-refractivity contribution in [3.8, 4) is 0 Å². The highest BCUT2D eigenvalue weighted by Gasteiger charge is 2.14. The molecule has 1 fully saturated rings. The maximum atomic E-state index is 5.38. The normalized spacial score (nSPS) is 17.0. The van der Waals surface area contributed by atoms with E-state index in [0.717, 1.165) is 24.7 Å². The van der Waals surface area contributed by atoms with Crippen LogP contribution in [-0.4, -0.2) is 33.2 Å². The monoisotopic (exact) mass is 282 g/mol. The van der Waals surface area contributed by atoms with Crippen LogP contribution in [0.2, 0.25) is 0 Å². The van der Waals surface area contributed by atoms with Gasteiger partial charge in [0, 0.05) is 43.6 Å². The van der Waals surface area contributed by atoms with E-state index in [0.29, 0.717) is 0 Å². The van der Waals surface area contributed by atoms with Gasteiger partial charge in [-0.2, -0.15) is 0 Å². The van der Waals surface area contributed by atoms with Crippen molar-refractivity contribution < 1.29 is 14.2 Å². The first-order valence-corrected chi connectivity index (χ1v) is 7.68. The summed E-state index contributed by atoms with van der Waals surface area (Å²) in [6.07, 6.45) is 2.12. The smallest absolute Gasteiger partial charge is 0.183 e. The molecular formula is C15H22O3S. The molecule has 0 unspecified atom stereocenters. The molecule has 0 aliphatic carbocycles. The molecule has 0 spiro atoms. The van der Waals surface area contributed by atoms with E-state index in [1.165, 1.54) is 23.5 Å². The number of hydrogen-bond donors (Lipinski definition) is 0. The van der Waals surface area contributed by atoms with Gasteiger partial charge in [0.1, 0.15) is 0 Å². The first-order chi connectivity index (χ1) is 9.33. The molecule has 4 heteroatoms. The molecule has 1 aliphatic rings. The van der Waals surface area contributed by atoms with Crippen molar-refractivity contribution in [2.24, 2.45) is 5.92 Å². The summed E-state index contributed by atoms with van der Waals surface area (Å²) >= 11 is 1.93. The van der Waals surface area contributed by atoms with Gasteiger partial charge in [-0.1, -0.05) is 12.1 Å². The summed E-state index contributed by atoms with van der Waals surface area (Å²) in [6, 6.07) is 8.43. The number of ether oxygens (including phenoxy) is 3. The van der Waals surface area contributed by atoms with Crippen molar-refractivity contribution >= 4 is 11.8 Å². The van der Waals surface area contributed by atoms with Gasteiger partial charge in [-0.3, -0.25) is 0 Å². The molecule has 1 saturated heterocycles. The van der Waals surface area contributed by atoms with E-state index in [9.17, 15) is 0 Å². The van der Waals surface area contributed by atoms with Gasteiger partial charge in [0.2, 0.25) is 0 Å². The van der Waals surface area contributed by atoms with E-state index in [4.69, 9.17) is 14.2 Å². The first kappa shape index (κ1) is 14.9. The van der Waals surface area contributed by atoms with Crippen LogP contribution in [-0.2, 0) is 14.2 Å². The van der Waals surface area contributed by atoms with Crippen molar-refractivity contribution in [3.05, 3.63) is 29.8 Å². The summed E-state index contributed by atoms with van der Waals surface area (Å²) in [6.45, 7) is 1.85. The third kappa shape index (κ3) is 4.49. The van der Waals surface area contributed by atoms with Gasteiger partial charge in [-0.25, -0.2) is 0 Å². The lowest BCUT2D eigenvalue weighted by Crippen LogP contribution is -2.17.